The minimum absolute atomic E-state index is 0.375. The molecule has 22 heavy (non-hydrogen) atoms. The molecule has 0 aromatic carbocycles. The molecule has 0 aliphatic carbocycles. The third-order valence-corrected chi connectivity index (χ3v) is 4.90. The van der Waals surface area contributed by atoms with Gasteiger partial charge in [-0.25, -0.2) is 4.98 Å². The number of hydrogen-bond acceptors (Lipinski definition) is 5. The molecule has 0 radical (unpaired) electrons. The van der Waals surface area contributed by atoms with E-state index in [-0.39, 0.29) is 0 Å². The first-order valence-electron chi connectivity index (χ1n) is 7.94. The average molecular weight is 317 g/mol. The minimum atomic E-state index is 0.375. The van der Waals surface area contributed by atoms with Gasteiger partial charge in [-0.2, -0.15) is 0 Å². The number of ether oxygens (including phenoxy) is 1. The van der Waals surface area contributed by atoms with Crippen molar-refractivity contribution in [2.24, 2.45) is 0 Å². The summed E-state index contributed by atoms with van der Waals surface area (Å²) in [5.41, 5.74) is 2.25. The highest BCUT2D eigenvalue weighted by atomic mass is 32.1. The standard InChI is InChI=1S/C17H23N3OS/c1-14-19-16(13-22-14)5-9-20-10-6-17(7-11-20)21-12-15-4-2-3-8-18-15/h2-4,8,13,17H,5-7,9-12H2,1H3. The molecule has 5 heteroatoms. The van der Waals surface area contributed by atoms with Crippen LogP contribution in [0.1, 0.15) is 29.2 Å². The maximum absolute atomic E-state index is 5.98. The summed E-state index contributed by atoms with van der Waals surface area (Å²) in [5.74, 6) is 0. The molecule has 118 valence electrons. The van der Waals surface area contributed by atoms with Crippen LogP contribution in [0.2, 0.25) is 0 Å². The number of aryl methyl sites for hydroxylation is 1. The molecule has 3 heterocycles. The fraction of sp³-hybridized carbons (Fsp3) is 0.529. The lowest BCUT2D eigenvalue weighted by Gasteiger charge is -2.31. The maximum atomic E-state index is 5.98. The summed E-state index contributed by atoms with van der Waals surface area (Å²) in [5, 5.41) is 3.34. The van der Waals surface area contributed by atoms with Crippen molar-refractivity contribution in [3.8, 4) is 0 Å². The van der Waals surface area contributed by atoms with Gasteiger partial charge in [0.2, 0.25) is 0 Å². The second-order valence-corrected chi connectivity index (χ2v) is 6.84. The highest BCUT2D eigenvalue weighted by molar-refractivity contribution is 7.09. The Kier molecular flexibility index (Phi) is 5.53. The topological polar surface area (TPSA) is 38.2 Å². The third kappa shape index (κ3) is 4.60. The normalized spacial score (nSPS) is 17.0. The Balaban J connectivity index is 1.35. The fourth-order valence-electron chi connectivity index (χ4n) is 2.78. The van der Waals surface area contributed by atoms with Crippen molar-refractivity contribution >= 4 is 11.3 Å². The molecule has 2 aromatic rings. The smallest absolute Gasteiger partial charge is 0.0897 e. The summed E-state index contributed by atoms with van der Waals surface area (Å²) in [4.78, 5) is 11.4. The van der Waals surface area contributed by atoms with E-state index in [0.29, 0.717) is 12.7 Å². The fourth-order valence-corrected chi connectivity index (χ4v) is 3.43. The number of likely N-dealkylation sites (tertiary alicyclic amines) is 1. The van der Waals surface area contributed by atoms with Gasteiger partial charge in [0.25, 0.3) is 0 Å². The van der Waals surface area contributed by atoms with Gasteiger partial charge in [-0.3, -0.25) is 4.98 Å². The lowest BCUT2D eigenvalue weighted by atomic mass is 10.1. The summed E-state index contributed by atoms with van der Waals surface area (Å²) in [6.45, 7) is 6.05. The van der Waals surface area contributed by atoms with Crippen LogP contribution in [0.5, 0.6) is 0 Å². The molecule has 3 rings (SSSR count). The Morgan fingerprint density at radius 1 is 1.27 bits per heavy atom. The second-order valence-electron chi connectivity index (χ2n) is 5.78. The first-order valence-corrected chi connectivity index (χ1v) is 8.82. The molecule has 0 amide bonds. The van der Waals surface area contributed by atoms with E-state index in [2.05, 4.69) is 27.2 Å². The van der Waals surface area contributed by atoms with Gasteiger partial charge < -0.3 is 9.64 Å². The van der Waals surface area contributed by atoms with Crippen LogP contribution in [0.15, 0.2) is 29.8 Å². The van der Waals surface area contributed by atoms with E-state index in [1.165, 1.54) is 5.69 Å². The van der Waals surface area contributed by atoms with Gasteiger partial charge in [0, 0.05) is 37.6 Å². The summed E-state index contributed by atoms with van der Waals surface area (Å²) in [7, 11) is 0. The first kappa shape index (κ1) is 15.6. The Morgan fingerprint density at radius 2 is 2.14 bits per heavy atom. The van der Waals surface area contributed by atoms with Gasteiger partial charge in [0.1, 0.15) is 0 Å². The number of hydrogen-bond donors (Lipinski definition) is 0. The van der Waals surface area contributed by atoms with Crippen molar-refractivity contribution in [3.05, 3.63) is 46.2 Å². The zero-order valence-corrected chi connectivity index (χ0v) is 13.9. The average Bonchev–Trinajstić information content (AvgIpc) is 2.98. The summed E-state index contributed by atoms with van der Waals surface area (Å²) < 4.78 is 5.98. The maximum Gasteiger partial charge on any atom is 0.0897 e. The Morgan fingerprint density at radius 3 is 2.82 bits per heavy atom. The zero-order valence-electron chi connectivity index (χ0n) is 13.1. The molecule has 1 aliphatic rings. The molecule has 2 aromatic heterocycles. The predicted molar refractivity (Wildman–Crippen MR) is 89.0 cm³/mol. The molecule has 1 aliphatic heterocycles. The van der Waals surface area contributed by atoms with Crippen molar-refractivity contribution in [1.29, 1.82) is 0 Å². The Hall–Kier alpha value is -1.30. The van der Waals surface area contributed by atoms with Gasteiger partial charge in [-0.05, 0) is 31.9 Å². The van der Waals surface area contributed by atoms with E-state index in [4.69, 9.17) is 4.74 Å². The van der Waals surface area contributed by atoms with Gasteiger partial charge in [-0.1, -0.05) is 6.07 Å². The van der Waals surface area contributed by atoms with Crippen LogP contribution in [-0.2, 0) is 17.8 Å². The summed E-state index contributed by atoms with van der Waals surface area (Å²) in [6, 6.07) is 5.96. The number of thiazole rings is 1. The largest absolute Gasteiger partial charge is 0.372 e. The minimum Gasteiger partial charge on any atom is -0.372 e. The quantitative estimate of drug-likeness (QED) is 0.821. The number of aromatic nitrogens is 2. The van der Waals surface area contributed by atoms with Crippen molar-refractivity contribution < 1.29 is 4.74 Å². The molecule has 4 nitrogen and oxygen atoms in total. The van der Waals surface area contributed by atoms with Gasteiger partial charge in [-0.15, -0.1) is 11.3 Å². The Labute approximate surface area is 136 Å². The molecule has 0 N–H and O–H groups in total. The SMILES string of the molecule is Cc1nc(CCN2CCC(OCc3ccccn3)CC2)cs1. The molecule has 0 atom stereocenters. The van der Waals surface area contributed by atoms with Crippen molar-refractivity contribution in [1.82, 2.24) is 14.9 Å². The molecule has 0 bridgehead atoms. The zero-order chi connectivity index (χ0) is 15.2. The number of pyridine rings is 1. The number of rotatable bonds is 6. The molecule has 0 unspecified atom stereocenters. The van der Waals surface area contributed by atoms with Crippen LogP contribution in [0.4, 0.5) is 0 Å². The van der Waals surface area contributed by atoms with E-state index in [1.807, 2.05) is 24.4 Å². The van der Waals surface area contributed by atoms with E-state index in [9.17, 15) is 0 Å². The molecular weight excluding hydrogens is 294 g/mol. The number of piperidine rings is 1. The van der Waals surface area contributed by atoms with E-state index < -0.39 is 0 Å². The van der Waals surface area contributed by atoms with Crippen LogP contribution >= 0.6 is 11.3 Å². The molecule has 0 spiro atoms. The molecule has 0 saturated carbocycles. The van der Waals surface area contributed by atoms with E-state index in [1.54, 1.807) is 11.3 Å². The summed E-state index contributed by atoms with van der Waals surface area (Å²) >= 11 is 1.74. The van der Waals surface area contributed by atoms with Gasteiger partial charge in [0.05, 0.1) is 29.1 Å². The lowest BCUT2D eigenvalue weighted by Crippen LogP contribution is -2.38. The van der Waals surface area contributed by atoms with Crippen molar-refractivity contribution in [2.45, 2.75) is 38.9 Å². The van der Waals surface area contributed by atoms with Crippen LogP contribution in [0, 0.1) is 6.92 Å². The monoisotopic (exact) mass is 317 g/mol. The van der Waals surface area contributed by atoms with E-state index in [0.717, 1.165) is 49.6 Å². The third-order valence-electron chi connectivity index (χ3n) is 4.08. The van der Waals surface area contributed by atoms with Gasteiger partial charge in [0.15, 0.2) is 0 Å². The highest BCUT2D eigenvalue weighted by Crippen LogP contribution is 2.16. The molecule has 1 saturated heterocycles. The van der Waals surface area contributed by atoms with Crippen LogP contribution in [0.25, 0.3) is 0 Å². The second kappa shape index (κ2) is 7.81. The van der Waals surface area contributed by atoms with Gasteiger partial charge >= 0.3 is 0 Å². The molecule has 1 fully saturated rings. The van der Waals surface area contributed by atoms with Crippen LogP contribution in [-0.4, -0.2) is 40.6 Å². The van der Waals surface area contributed by atoms with Crippen LogP contribution in [0.3, 0.4) is 0 Å². The van der Waals surface area contributed by atoms with Crippen molar-refractivity contribution in [2.75, 3.05) is 19.6 Å². The first-order chi connectivity index (χ1) is 10.8. The van der Waals surface area contributed by atoms with E-state index >= 15 is 0 Å². The highest BCUT2D eigenvalue weighted by Gasteiger charge is 2.19. The summed E-state index contributed by atoms with van der Waals surface area (Å²) in [6.07, 6.45) is 5.48. The molecular formula is C17H23N3OS. The predicted octanol–water partition coefficient (Wildman–Crippen LogP) is 3.07. The van der Waals surface area contributed by atoms with Crippen LogP contribution < -0.4 is 0 Å². The van der Waals surface area contributed by atoms with Crippen molar-refractivity contribution in [3.63, 3.8) is 0 Å². The Bertz CT molecular complexity index is 564. The lowest BCUT2D eigenvalue weighted by molar-refractivity contribution is -0.00352. The number of nitrogens with zero attached hydrogens (tertiary/aromatic N) is 3.